The Morgan fingerprint density at radius 2 is 1.88 bits per heavy atom. The topological polar surface area (TPSA) is 67.2 Å². The van der Waals surface area contributed by atoms with Gasteiger partial charge in [0.15, 0.2) is 10.9 Å². The van der Waals surface area contributed by atoms with E-state index in [0.29, 0.717) is 16.6 Å². The van der Waals surface area contributed by atoms with Gasteiger partial charge in [-0.1, -0.05) is 18.2 Å². The fourth-order valence-corrected chi connectivity index (χ4v) is 3.40. The zero-order chi connectivity index (χ0) is 17.2. The van der Waals surface area contributed by atoms with Crippen molar-refractivity contribution in [2.75, 3.05) is 10.6 Å². The SMILES string of the molecule is O=C(Nc1ccc(I)cc1)Nc1nc(-c2cc3ccccc3o2)cs1. The van der Waals surface area contributed by atoms with Gasteiger partial charge >= 0.3 is 6.03 Å². The molecule has 0 aliphatic carbocycles. The van der Waals surface area contributed by atoms with Crippen LogP contribution in [-0.4, -0.2) is 11.0 Å². The minimum atomic E-state index is -0.327. The van der Waals surface area contributed by atoms with Gasteiger partial charge in [-0.3, -0.25) is 5.32 Å². The summed E-state index contributed by atoms with van der Waals surface area (Å²) in [7, 11) is 0. The summed E-state index contributed by atoms with van der Waals surface area (Å²) in [5, 5.41) is 8.92. The first-order chi connectivity index (χ1) is 12.2. The highest BCUT2D eigenvalue weighted by molar-refractivity contribution is 14.1. The second kappa shape index (κ2) is 6.85. The summed E-state index contributed by atoms with van der Waals surface area (Å²) in [4.78, 5) is 16.5. The number of nitrogens with zero attached hydrogens (tertiary/aromatic N) is 1. The lowest BCUT2D eigenvalue weighted by molar-refractivity contribution is 0.262. The molecule has 124 valence electrons. The highest BCUT2D eigenvalue weighted by atomic mass is 127. The van der Waals surface area contributed by atoms with Gasteiger partial charge in [0.25, 0.3) is 0 Å². The van der Waals surface area contributed by atoms with Gasteiger partial charge in [-0.2, -0.15) is 0 Å². The number of fused-ring (bicyclic) bond motifs is 1. The fourth-order valence-electron chi connectivity index (χ4n) is 2.35. The van der Waals surface area contributed by atoms with Crippen molar-refractivity contribution in [3.63, 3.8) is 0 Å². The first-order valence-electron chi connectivity index (χ1n) is 7.45. The number of halogens is 1. The molecule has 2 aromatic carbocycles. The van der Waals surface area contributed by atoms with Crippen LogP contribution in [0.2, 0.25) is 0 Å². The van der Waals surface area contributed by atoms with Crippen molar-refractivity contribution < 1.29 is 9.21 Å². The van der Waals surface area contributed by atoms with Crippen molar-refractivity contribution in [3.05, 3.63) is 63.5 Å². The number of aromatic nitrogens is 1. The normalized spacial score (nSPS) is 10.8. The van der Waals surface area contributed by atoms with Crippen LogP contribution in [0.4, 0.5) is 15.6 Å². The number of hydrogen-bond donors (Lipinski definition) is 2. The number of nitrogens with one attached hydrogen (secondary N) is 2. The molecule has 0 aliphatic rings. The van der Waals surface area contributed by atoms with Gasteiger partial charge in [0.1, 0.15) is 11.3 Å². The zero-order valence-electron chi connectivity index (χ0n) is 12.8. The van der Waals surface area contributed by atoms with Crippen LogP contribution in [0.15, 0.2) is 64.4 Å². The van der Waals surface area contributed by atoms with Crippen LogP contribution in [0.3, 0.4) is 0 Å². The Morgan fingerprint density at radius 3 is 2.68 bits per heavy atom. The minimum Gasteiger partial charge on any atom is -0.454 e. The van der Waals surface area contributed by atoms with Crippen LogP contribution in [0.5, 0.6) is 0 Å². The number of carbonyl (C=O) groups is 1. The molecular weight excluding hydrogens is 449 g/mol. The first kappa shape index (κ1) is 16.1. The van der Waals surface area contributed by atoms with Crippen molar-refractivity contribution in [1.29, 1.82) is 0 Å². The van der Waals surface area contributed by atoms with Crippen molar-refractivity contribution in [1.82, 2.24) is 4.98 Å². The predicted octanol–water partition coefficient (Wildman–Crippen LogP) is 5.80. The Labute approximate surface area is 161 Å². The van der Waals surface area contributed by atoms with E-state index < -0.39 is 0 Å². The number of benzene rings is 2. The monoisotopic (exact) mass is 461 g/mol. The summed E-state index contributed by atoms with van der Waals surface area (Å²) in [5.41, 5.74) is 2.24. The number of hydrogen-bond acceptors (Lipinski definition) is 4. The van der Waals surface area contributed by atoms with Crippen LogP contribution in [0, 0.1) is 3.57 Å². The number of rotatable bonds is 3. The lowest BCUT2D eigenvalue weighted by Gasteiger charge is -2.05. The molecule has 0 aliphatic heterocycles. The molecule has 0 spiro atoms. The maximum atomic E-state index is 12.1. The van der Waals surface area contributed by atoms with E-state index in [2.05, 4.69) is 38.2 Å². The van der Waals surface area contributed by atoms with Gasteiger partial charge in [-0.25, -0.2) is 9.78 Å². The van der Waals surface area contributed by atoms with Crippen molar-refractivity contribution in [2.45, 2.75) is 0 Å². The van der Waals surface area contributed by atoms with Crippen LogP contribution in [0.1, 0.15) is 0 Å². The number of carbonyl (C=O) groups excluding carboxylic acids is 1. The molecule has 0 saturated heterocycles. The van der Waals surface area contributed by atoms with Gasteiger partial charge < -0.3 is 9.73 Å². The lowest BCUT2D eigenvalue weighted by Crippen LogP contribution is -2.19. The molecule has 2 aromatic heterocycles. The molecule has 0 radical (unpaired) electrons. The van der Waals surface area contributed by atoms with Crippen LogP contribution in [0.25, 0.3) is 22.4 Å². The maximum Gasteiger partial charge on any atom is 0.325 e. The second-order valence-corrected chi connectivity index (χ2v) is 7.38. The molecule has 0 unspecified atom stereocenters. The summed E-state index contributed by atoms with van der Waals surface area (Å²) in [6.07, 6.45) is 0. The predicted molar refractivity (Wildman–Crippen MR) is 109 cm³/mol. The van der Waals surface area contributed by atoms with Crippen LogP contribution in [-0.2, 0) is 0 Å². The molecule has 2 amide bonds. The summed E-state index contributed by atoms with van der Waals surface area (Å²) < 4.78 is 6.90. The van der Waals surface area contributed by atoms with E-state index in [0.717, 1.165) is 20.2 Å². The first-order valence-corrected chi connectivity index (χ1v) is 9.41. The number of furan rings is 1. The standard InChI is InChI=1S/C18H12IN3O2S/c19-12-5-7-13(8-6-12)20-17(23)22-18-21-14(10-25-18)16-9-11-3-1-2-4-15(11)24-16/h1-10H,(H2,20,21,22,23). The second-order valence-electron chi connectivity index (χ2n) is 5.27. The average Bonchev–Trinajstić information content (AvgIpc) is 3.23. The quantitative estimate of drug-likeness (QED) is 0.379. The molecule has 0 saturated carbocycles. The van der Waals surface area contributed by atoms with Gasteiger partial charge in [-0.15, -0.1) is 11.3 Å². The van der Waals surface area contributed by atoms with E-state index in [1.54, 1.807) is 0 Å². The van der Waals surface area contributed by atoms with E-state index >= 15 is 0 Å². The lowest BCUT2D eigenvalue weighted by atomic mass is 10.2. The molecule has 25 heavy (non-hydrogen) atoms. The molecule has 0 bridgehead atoms. The molecule has 0 fully saturated rings. The highest BCUT2D eigenvalue weighted by Gasteiger charge is 2.11. The van der Waals surface area contributed by atoms with Gasteiger partial charge in [0.2, 0.25) is 0 Å². The molecule has 5 nitrogen and oxygen atoms in total. The number of amides is 2. The largest absolute Gasteiger partial charge is 0.454 e. The Morgan fingerprint density at radius 1 is 1.08 bits per heavy atom. The Balaban J connectivity index is 1.47. The zero-order valence-corrected chi connectivity index (χ0v) is 15.8. The van der Waals surface area contributed by atoms with Crippen molar-refractivity contribution in [2.24, 2.45) is 0 Å². The van der Waals surface area contributed by atoms with Crippen LogP contribution < -0.4 is 10.6 Å². The smallest absolute Gasteiger partial charge is 0.325 e. The van der Waals surface area contributed by atoms with E-state index in [1.165, 1.54) is 11.3 Å². The Hall–Kier alpha value is -2.39. The summed E-state index contributed by atoms with van der Waals surface area (Å²) in [6, 6.07) is 17.0. The molecule has 2 heterocycles. The molecule has 4 rings (SSSR count). The molecule has 7 heteroatoms. The highest BCUT2D eigenvalue weighted by Crippen LogP contribution is 2.30. The third-order valence-electron chi connectivity index (χ3n) is 3.50. The summed E-state index contributed by atoms with van der Waals surface area (Å²) in [5.74, 6) is 0.684. The molecule has 2 N–H and O–H groups in total. The van der Waals surface area contributed by atoms with Crippen molar-refractivity contribution in [3.8, 4) is 11.5 Å². The van der Waals surface area contributed by atoms with E-state index in [4.69, 9.17) is 4.42 Å². The number of anilines is 2. The number of urea groups is 1. The van der Waals surface area contributed by atoms with Crippen molar-refractivity contribution >= 4 is 61.7 Å². The van der Waals surface area contributed by atoms with E-state index in [9.17, 15) is 4.79 Å². The Kier molecular flexibility index (Phi) is 4.41. The maximum absolute atomic E-state index is 12.1. The molecule has 0 atom stereocenters. The number of thiazole rings is 1. The molecular formula is C18H12IN3O2S. The Bertz CT molecular complexity index is 1010. The van der Waals surface area contributed by atoms with E-state index in [1.807, 2.05) is 60.0 Å². The van der Waals surface area contributed by atoms with Gasteiger partial charge in [0.05, 0.1) is 0 Å². The van der Waals surface area contributed by atoms with E-state index in [-0.39, 0.29) is 6.03 Å². The summed E-state index contributed by atoms with van der Waals surface area (Å²) >= 11 is 3.57. The van der Waals surface area contributed by atoms with Crippen LogP contribution >= 0.6 is 33.9 Å². The van der Waals surface area contributed by atoms with Gasteiger partial charge in [0, 0.05) is 20.0 Å². The molecule has 4 aromatic rings. The third kappa shape index (κ3) is 3.67. The average molecular weight is 461 g/mol. The third-order valence-corrected chi connectivity index (χ3v) is 4.98. The van der Waals surface area contributed by atoms with Gasteiger partial charge in [-0.05, 0) is 59.0 Å². The number of para-hydroxylation sites is 1. The fraction of sp³-hybridized carbons (Fsp3) is 0. The summed E-state index contributed by atoms with van der Waals surface area (Å²) in [6.45, 7) is 0. The minimum absolute atomic E-state index is 0.327.